The molecule has 4 heteroatoms. The Bertz CT molecular complexity index is 893. The third kappa shape index (κ3) is 3.01. The van der Waals surface area contributed by atoms with Gasteiger partial charge in [-0.2, -0.15) is 0 Å². The molecule has 116 valence electrons. The van der Waals surface area contributed by atoms with Crippen LogP contribution in [-0.4, -0.2) is 23.3 Å². The number of benzene rings is 2. The predicted octanol–water partition coefficient (Wildman–Crippen LogP) is 3.82. The van der Waals surface area contributed by atoms with E-state index in [0.717, 1.165) is 22.0 Å². The number of hydrogen-bond donors (Lipinski definition) is 1. The smallest absolute Gasteiger partial charge is 0.340 e. The van der Waals surface area contributed by atoms with Crippen LogP contribution in [0.5, 0.6) is 0 Å². The Kier molecular flexibility index (Phi) is 3.98. The number of aryl methyl sites for hydroxylation is 2. The van der Waals surface area contributed by atoms with Crippen LogP contribution in [0.1, 0.15) is 31.8 Å². The van der Waals surface area contributed by atoms with Crippen LogP contribution in [0.2, 0.25) is 0 Å². The average molecular weight is 307 g/mol. The van der Waals surface area contributed by atoms with E-state index in [4.69, 9.17) is 4.74 Å². The molecule has 1 N–H and O–H groups in total. The number of H-pyrrole nitrogens is 1. The quantitative estimate of drug-likeness (QED) is 0.589. The van der Waals surface area contributed by atoms with Crippen LogP contribution in [0.25, 0.3) is 10.9 Å². The molecule has 0 saturated carbocycles. The molecule has 0 unspecified atom stereocenters. The van der Waals surface area contributed by atoms with Crippen molar-refractivity contribution in [1.29, 1.82) is 0 Å². The molecule has 0 aliphatic heterocycles. The first-order valence-electron chi connectivity index (χ1n) is 7.40. The molecule has 0 radical (unpaired) electrons. The number of aromatic amines is 1. The van der Waals surface area contributed by atoms with Gasteiger partial charge in [0, 0.05) is 22.7 Å². The first kappa shape index (κ1) is 15.0. The molecule has 0 spiro atoms. The maximum Gasteiger partial charge on any atom is 0.340 e. The zero-order chi connectivity index (χ0) is 16.4. The minimum atomic E-state index is -0.500. The van der Waals surface area contributed by atoms with E-state index in [1.54, 1.807) is 12.3 Å². The number of rotatable bonds is 4. The Hall–Kier alpha value is -2.88. The van der Waals surface area contributed by atoms with Crippen molar-refractivity contribution in [3.63, 3.8) is 0 Å². The number of ketones is 1. The summed E-state index contributed by atoms with van der Waals surface area (Å²) in [5, 5.41) is 0.788. The Morgan fingerprint density at radius 3 is 2.61 bits per heavy atom. The Labute approximate surface area is 134 Å². The number of ether oxygens (including phenoxy) is 1. The summed E-state index contributed by atoms with van der Waals surface area (Å²) >= 11 is 0. The number of fused-ring (bicyclic) bond motifs is 1. The molecule has 1 aromatic heterocycles. The lowest BCUT2D eigenvalue weighted by atomic mass is 10.0. The van der Waals surface area contributed by atoms with Crippen LogP contribution >= 0.6 is 0 Å². The molecule has 0 aliphatic carbocycles. The minimum Gasteiger partial charge on any atom is -0.454 e. The van der Waals surface area contributed by atoms with Crippen molar-refractivity contribution in [2.24, 2.45) is 0 Å². The summed E-state index contributed by atoms with van der Waals surface area (Å²) in [6.45, 7) is 3.67. The van der Waals surface area contributed by atoms with Gasteiger partial charge in [0.15, 0.2) is 12.4 Å². The van der Waals surface area contributed by atoms with Crippen LogP contribution in [-0.2, 0) is 4.74 Å². The molecule has 4 nitrogen and oxygen atoms in total. The first-order valence-corrected chi connectivity index (χ1v) is 7.40. The minimum absolute atomic E-state index is 0.207. The number of carbonyl (C=O) groups is 2. The summed E-state index contributed by atoms with van der Waals surface area (Å²) in [7, 11) is 0. The number of para-hydroxylation sites is 1. The molecule has 3 rings (SSSR count). The number of Topliss-reactive ketones (excluding diaryl/α,β-unsaturated/α-hetero) is 1. The largest absolute Gasteiger partial charge is 0.454 e. The fourth-order valence-corrected chi connectivity index (χ4v) is 2.45. The number of esters is 1. The predicted molar refractivity (Wildman–Crippen MR) is 88.8 cm³/mol. The lowest BCUT2D eigenvalue weighted by Crippen LogP contribution is -2.14. The van der Waals surface area contributed by atoms with E-state index in [-0.39, 0.29) is 12.4 Å². The standard InChI is InChI=1S/C19H17NO3/c1-12-7-8-14(9-13(12)2)18(21)11-23-19(22)16-10-20-17-6-4-3-5-15(16)17/h3-10,20H,11H2,1-2H3. The van der Waals surface area contributed by atoms with Crippen LogP contribution < -0.4 is 0 Å². The van der Waals surface area contributed by atoms with Gasteiger partial charge in [0.25, 0.3) is 0 Å². The van der Waals surface area contributed by atoms with E-state index >= 15 is 0 Å². The molecule has 0 saturated heterocycles. The highest BCUT2D eigenvalue weighted by Gasteiger charge is 2.15. The van der Waals surface area contributed by atoms with Crippen molar-refractivity contribution in [3.05, 3.63) is 70.9 Å². The summed E-state index contributed by atoms with van der Waals surface area (Å²) in [6, 6.07) is 12.9. The second kappa shape index (κ2) is 6.08. The van der Waals surface area contributed by atoms with Gasteiger partial charge in [0.1, 0.15) is 0 Å². The van der Waals surface area contributed by atoms with Gasteiger partial charge in [0.05, 0.1) is 5.56 Å². The maximum atomic E-state index is 12.2. The molecular weight excluding hydrogens is 290 g/mol. The van der Waals surface area contributed by atoms with Crippen LogP contribution in [0, 0.1) is 13.8 Å². The van der Waals surface area contributed by atoms with Gasteiger partial charge in [-0.25, -0.2) is 4.79 Å². The number of aromatic nitrogens is 1. The van der Waals surface area contributed by atoms with Gasteiger partial charge in [-0.3, -0.25) is 4.79 Å². The van der Waals surface area contributed by atoms with Gasteiger partial charge in [-0.15, -0.1) is 0 Å². The Balaban J connectivity index is 1.71. The number of hydrogen-bond acceptors (Lipinski definition) is 3. The highest BCUT2D eigenvalue weighted by Crippen LogP contribution is 2.18. The van der Waals surface area contributed by atoms with Gasteiger partial charge in [-0.1, -0.05) is 30.3 Å². The van der Waals surface area contributed by atoms with Crippen molar-refractivity contribution in [1.82, 2.24) is 4.98 Å². The van der Waals surface area contributed by atoms with Gasteiger partial charge in [0.2, 0.25) is 0 Å². The second-order valence-electron chi connectivity index (χ2n) is 5.55. The van der Waals surface area contributed by atoms with Crippen molar-refractivity contribution in [2.45, 2.75) is 13.8 Å². The summed E-state index contributed by atoms with van der Waals surface area (Å²) < 4.78 is 5.17. The normalized spacial score (nSPS) is 10.7. The maximum absolute atomic E-state index is 12.2. The van der Waals surface area contributed by atoms with Gasteiger partial charge in [-0.05, 0) is 37.1 Å². The highest BCUT2D eigenvalue weighted by atomic mass is 16.5. The summed E-state index contributed by atoms with van der Waals surface area (Å²) in [5.74, 6) is -0.707. The molecule has 23 heavy (non-hydrogen) atoms. The van der Waals surface area contributed by atoms with E-state index in [1.165, 1.54) is 0 Å². The third-order valence-electron chi connectivity index (χ3n) is 3.97. The molecule has 3 aromatic rings. The van der Waals surface area contributed by atoms with E-state index < -0.39 is 5.97 Å². The number of nitrogens with one attached hydrogen (secondary N) is 1. The lowest BCUT2D eigenvalue weighted by molar-refractivity contribution is 0.0476. The van der Waals surface area contributed by atoms with Gasteiger partial charge >= 0.3 is 5.97 Å². The van der Waals surface area contributed by atoms with Gasteiger partial charge < -0.3 is 9.72 Å². The zero-order valence-electron chi connectivity index (χ0n) is 13.1. The average Bonchev–Trinajstić information content (AvgIpc) is 2.99. The Morgan fingerprint density at radius 2 is 1.83 bits per heavy atom. The molecular formula is C19H17NO3. The molecule has 0 bridgehead atoms. The third-order valence-corrected chi connectivity index (χ3v) is 3.97. The van der Waals surface area contributed by atoms with E-state index in [0.29, 0.717) is 11.1 Å². The topological polar surface area (TPSA) is 59.2 Å². The fraction of sp³-hybridized carbons (Fsp3) is 0.158. The zero-order valence-corrected chi connectivity index (χ0v) is 13.1. The van der Waals surface area contributed by atoms with Crippen molar-refractivity contribution < 1.29 is 14.3 Å². The first-order chi connectivity index (χ1) is 11.1. The van der Waals surface area contributed by atoms with Crippen molar-refractivity contribution in [3.8, 4) is 0 Å². The van der Waals surface area contributed by atoms with Crippen molar-refractivity contribution >= 4 is 22.7 Å². The molecule has 0 amide bonds. The number of carbonyl (C=O) groups excluding carboxylic acids is 2. The SMILES string of the molecule is Cc1ccc(C(=O)COC(=O)c2c[nH]c3ccccc23)cc1C. The summed E-state index contributed by atoms with van der Waals surface area (Å²) in [5.41, 5.74) is 4.02. The van der Waals surface area contributed by atoms with Crippen LogP contribution in [0.4, 0.5) is 0 Å². The molecule has 2 aromatic carbocycles. The lowest BCUT2D eigenvalue weighted by Gasteiger charge is -2.06. The summed E-state index contributed by atoms with van der Waals surface area (Å²) in [6.07, 6.45) is 1.60. The molecule has 1 heterocycles. The van der Waals surface area contributed by atoms with E-state index in [9.17, 15) is 9.59 Å². The van der Waals surface area contributed by atoms with Crippen molar-refractivity contribution in [2.75, 3.05) is 6.61 Å². The molecule has 0 atom stereocenters. The molecule has 0 aliphatic rings. The van der Waals surface area contributed by atoms with E-state index in [1.807, 2.05) is 50.2 Å². The summed E-state index contributed by atoms with van der Waals surface area (Å²) in [4.78, 5) is 27.4. The van der Waals surface area contributed by atoms with E-state index in [2.05, 4.69) is 4.98 Å². The van der Waals surface area contributed by atoms with Crippen LogP contribution in [0.3, 0.4) is 0 Å². The molecule has 0 fully saturated rings. The monoisotopic (exact) mass is 307 g/mol. The Morgan fingerprint density at radius 1 is 1.04 bits per heavy atom. The highest BCUT2D eigenvalue weighted by molar-refractivity contribution is 6.05. The second-order valence-corrected chi connectivity index (χ2v) is 5.55. The fourth-order valence-electron chi connectivity index (χ4n) is 2.45. The van der Waals surface area contributed by atoms with Crippen LogP contribution in [0.15, 0.2) is 48.7 Å².